The molecular weight excluding hydrogens is 314 g/mol. The molecule has 0 aromatic heterocycles. The van der Waals surface area contributed by atoms with E-state index in [1.165, 1.54) is 5.56 Å². The molecule has 2 aliphatic heterocycles. The zero-order valence-corrected chi connectivity index (χ0v) is 14.2. The van der Waals surface area contributed by atoms with Crippen molar-refractivity contribution in [1.82, 2.24) is 9.80 Å². The Labute approximate surface area is 143 Å². The van der Waals surface area contributed by atoms with Gasteiger partial charge in [-0.15, -0.1) is 12.4 Å². The number of hydrogen-bond donors (Lipinski definition) is 1. The van der Waals surface area contributed by atoms with Crippen LogP contribution in [0.25, 0.3) is 0 Å². The number of carbonyl (C=O) groups is 2. The van der Waals surface area contributed by atoms with Gasteiger partial charge in [0.1, 0.15) is 0 Å². The molecular formula is C17H24ClN3O2. The molecule has 1 aromatic carbocycles. The molecule has 5 nitrogen and oxygen atoms in total. The van der Waals surface area contributed by atoms with Gasteiger partial charge in [0.25, 0.3) is 0 Å². The zero-order valence-electron chi connectivity index (χ0n) is 13.4. The highest BCUT2D eigenvalue weighted by atomic mass is 35.5. The molecule has 6 heteroatoms. The molecule has 1 unspecified atom stereocenters. The average Bonchev–Trinajstić information content (AvgIpc) is 3.10. The molecule has 0 bridgehead atoms. The van der Waals surface area contributed by atoms with E-state index in [2.05, 4.69) is 12.1 Å². The Morgan fingerprint density at radius 2 is 1.91 bits per heavy atom. The largest absolute Gasteiger partial charge is 0.342 e. The first-order valence-electron chi connectivity index (χ1n) is 7.97. The minimum Gasteiger partial charge on any atom is -0.342 e. The Balaban J connectivity index is 0.00000192. The van der Waals surface area contributed by atoms with Crippen molar-refractivity contribution in [3.05, 3.63) is 35.9 Å². The average molecular weight is 338 g/mol. The van der Waals surface area contributed by atoms with Crippen molar-refractivity contribution >= 4 is 24.2 Å². The van der Waals surface area contributed by atoms with Gasteiger partial charge in [-0.05, 0) is 12.5 Å². The highest BCUT2D eigenvalue weighted by Gasteiger charge is 2.40. The summed E-state index contributed by atoms with van der Waals surface area (Å²) in [5.41, 5.74) is 7.43. The molecule has 2 saturated heterocycles. The lowest BCUT2D eigenvalue weighted by Crippen LogP contribution is -2.37. The maximum Gasteiger partial charge on any atom is 0.228 e. The molecule has 2 heterocycles. The van der Waals surface area contributed by atoms with Crippen LogP contribution in [-0.2, 0) is 9.59 Å². The van der Waals surface area contributed by atoms with Crippen molar-refractivity contribution in [2.24, 2.45) is 11.7 Å². The van der Waals surface area contributed by atoms with Crippen LogP contribution in [0.15, 0.2) is 30.3 Å². The van der Waals surface area contributed by atoms with E-state index in [0.717, 1.165) is 0 Å². The molecule has 1 aromatic rings. The summed E-state index contributed by atoms with van der Waals surface area (Å²) < 4.78 is 0. The molecule has 0 saturated carbocycles. The second-order valence-electron chi connectivity index (χ2n) is 6.26. The highest BCUT2D eigenvalue weighted by Crippen LogP contribution is 2.29. The topological polar surface area (TPSA) is 66.6 Å². The third-order valence-electron chi connectivity index (χ3n) is 4.85. The number of rotatable bonds is 3. The van der Waals surface area contributed by atoms with E-state index in [1.807, 2.05) is 30.0 Å². The lowest BCUT2D eigenvalue weighted by atomic mass is 9.95. The molecule has 126 valence electrons. The molecule has 2 fully saturated rings. The van der Waals surface area contributed by atoms with Crippen LogP contribution >= 0.6 is 12.4 Å². The van der Waals surface area contributed by atoms with Crippen LogP contribution in [-0.4, -0.2) is 53.8 Å². The minimum atomic E-state index is -0.200. The fraction of sp³-hybridized carbons (Fsp3) is 0.529. The number of likely N-dealkylation sites (tertiary alicyclic amines) is 2. The first kappa shape index (κ1) is 17.8. The van der Waals surface area contributed by atoms with Gasteiger partial charge in [0, 0.05) is 44.6 Å². The molecule has 2 amide bonds. The lowest BCUT2D eigenvalue weighted by molar-refractivity contribution is -0.134. The summed E-state index contributed by atoms with van der Waals surface area (Å²) in [5.74, 6) is 0.154. The molecule has 0 aliphatic carbocycles. The van der Waals surface area contributed by atoms with Gasteiger partial charge in [-0.1, -0.05) is 30.3 Å². The lowest BCUT2D eigenvalue weighted by Gasteiger charge is -2.20. The van der Waals surface area contributed by atoms with Gasteiger partial charge in [0.15, 0.2) is 0 Å². The predicted molar refractivity (Wildman–Crippen MR) is 91.3 cm³/mol. The third kappa shape index (κ3) is 3.51. The third-order valence-corrected chi connectivity index (χ3v) is 4.85. The fourth-order valence-corrected chi connectivity index (χ4v) is 3.56. The van der Waals surface area contributed by atoms with Crippen molar-refractivity contribution in [3.63, 3.8) is 0 Å². The van der Waals surface area contributed by atoms with E-state index in [1.54, 1.807) is 4.90 Å². The Hall–Kier alpha value is -1.59. The Morgan fingerprint density at radius 1 is 1.22 bits per heavy atom. The number of hydrogen-bond acceptors (Lipinski definition) is 3. The SMILES string of the molecule is CCN1CC(C(=O)N2C[C@@H](N)[C@H](c3ccccc3)C2)CC1=O.Cl. The number of carbonyl (C=O) groups excluding carboxylic acids is 2. The quantitative estimate of drug-likeness (QED) is 0.902. The van der Waals surface area contributed by atoms with E-state index in [0.29, 0.717) is 32.6 Å². The van der Waals surface area contributed by atoms with Gasteiger partial charge in [-0.2, -0.15) is 0 Å². The van der Waals surface area contributed by atoms with Crippen LogP contribution in [0, 0.1) is 5.92 Å². The van der Waals surface area contributed by atoms with Crippen LogP contribution in [0.5, 0.6) is 0 Å². The van der Waals surface area contributed by atoms with Crippen molar-refractivity contribution in [1.29, 1.82) is 0 Å². The maximum atomic E-state index is 12.7. The molecule has 2 aliphatic rings. The number of nitrogens with zero attached hydrogens (tertiary/aromatic N) is 2. The minimum absolute atomic E-state index is 0. The van der Waals surface area contributed by atoms with E-state index in [4.69, 9.17) is 5.73 Å². The van der Waals surface area contributed by atoms with Crippen LogP contribution in [0.4, 0.5) is 0 Å². The summed E-state index contributed by atoms with van der Waals surface area (Å²) in [4.78, 5) is 28.1. The van der Waals surface area contributed by atoms with Crippen molar-refractivity contribution < 1.29 is 9.59 Å². The highest BCUT2D eigenvalue weighted by molar-refractivity contribution is 5.89. The van der Waals surface area contributed by atoms with E-state index in [-0.39, 0.29) is 42.1 Å². The molecule has 0 spiro atoms. The van der Waals surface area contributed by atoms with Gasteiger partial charge in [-0.3, -0.25) is 9.59 Å². The van der Waals surface area contributed by atoms with Gasteiger partial charge in [0.05, 0.1) is 5.92 Å². The zero-order chi connectivity index (χ0) is 15.7. The molecule has 3 atom stereocenters. The van der Waals surface area contributed by atoms with Crippen LogP contribution in [0.2, 0.25) is 0 Å². The predicted octanol–water partition coefficient (Wildman–Crippen LogP) is 1.23. The normalized spacial score (nSPS) is 27.2. The summed E-state index contributed by atoms with van der Waals surface area (Å²) in [6, 6.07) is 10.1. The second-order valence-corrected chi connectivity index (χ2v) is 6.26. The van der Waals surface area contributed by atoms with Gasteiger partial charge < -0.3 is 15.5 Å². The van der Waals surface area contributed by atoms with E-state index >= 15 is 0 Å². The summed E-state index contributed by atoms with van der Waals surface area (Å²) in [6.45, 7) is 4.41. The van der Waals surface area contributed by atoms with Crippen molar-refractivity contribution in [2.75, 3.05) is 26.2 Å². The Kier molecular flexibility index (Phi) is 5.65. The number of amides is 2. The second kappa shape index (κ2) is 7.32. The summed E-state index contributed by atoms with van der Waals surface area (Å²) >= 11 is 0. The Bertz CT molecular complexity index is 566. The fourth-order valence-electron chi connectivity index (χ4n) is 3.56. The summed E-state index contributed by atoms with van der Waals surface area (Å²) in [5, 5.41) is 0. The molecule has 2 N–H and O–H groups in total. The van der Waals surface area contributed by atoms with Gasteiger partial charge in [0.2, 0.25) is 11.8 Å². The molecule has 3 rings (SSSR count). The van der Waals surface area contributed by atoms with E-state index in [9.17, 15) is 9.59 Å². The van der Waals surface area contributed by atoms with Crippen molar-refractivity contribution in [2.45, 2.75) is 25.3 Å². The summed E-state index contributed by atoms with van der Waals surface area (Å²) in [6.07, 6.45) is 0.342. The van der Waals surface area contributed by atoms with Crippen LogP contribution in [0.3, 0.4) is 0 Å². The van der Waals surface area contributed by atoms with Crippen molar-refractivity contribution in [3.8, 4) is 0 Å². The van der Waals surface area contributed by atoms with Gasteiger partial charge in [-0.25, -0.2) is 0 Å². The number of benzene rings is 1. The number of halogens is 1. The Morgan fingerprint density at radius 3 is 2.52 bits per heavy atom. The first-order chi connectivity index (χ1) is 10.6. The standard InChI is InChI=1S/C17H23N3O2.ClH/c1-2-19-9-13(8-16(19)21)17(22)20-10-14(15(18)11-20)12-6-4-3-5-7-12;/h3-7,13-15H,2,8-11,18H2,1H3;1H/t13?,14-,15+;/m0./s1. The smallest absolute Gasteiger partial charge is 0.228 e. The monoisotopic (exact) mass is 337 g/mol. The molecule has 23 heavy (non-hydrogen) atoms. The van der Waals surface area contributed by atoms with E-state index < -0.39 is 0 Å². The maximum absolute atomic E-state index is 12.7. The van der Waals surface area contributed by atoms with Crippen LogP contribution < -0.4 is 5.73 Å². The first-order valence-corrected chi connectivity index (χ1v) is 7.97. The summed E-state index contributed by atoms with van der Waals surface area (Å²) in [7, 11) is 0. The molecule has 0 radical (unpaired) electrons. The van der Waals surface area contributed by atoms with Gasteiger partial charge >= 0.3 is 0 Å². The number of nitrogens with two attached hydrogens (primary N) is 1. The van der Waals surface area contributed by atoms with Crippen LogP contribution in [0.1, 0.15) is 24.8 Å².